The number of hydrogen-bond acceptors (Lipinski definition) is 27. The topological polar surface area (TPSA) is 489 Å². The van der Waals surface area contributed by atoms with Crippen molar-refractivity contribution in [1.82, 2.24) is 31.9 Å². The third-order valence-electron chi connectivity index (χ3n) is 17.4. The lowest BCUT2D eigenvalue weighted by molar-refractivity contribution is -0.149. The van der Waals surface area contributed by atoms with Crippen molar-refractivity contribution in [3.05, 3.63) is 95.0 Å². The van der Waals surface area contributed by atoms with Gasteiger partial charge in [0.25, 0.3) is 5.71 Å². The van der Waals surface area contributed by atoms with Crippen LogP contribution in [0.1, 0.15) is 108 Å². The molecule has 9 amide bonds. The van der Waals surface area contributed by atoms with E-state index < -0.39 is 5.79 Å². The molecule has 15 N–H and O–H groups in total. The Kier molecular flexibility index (Phi) is 56.4. The fraction of sp³-hybridized carbons (Fsp3) is 0.654. The summed E-state index contributed by atoms with van der Waals surface area (Å²) in [5.41, 5.74) is 18.5. The van der Waals surface area contributed by atoms with Gasteiger partial charge in [0.15, 0.2) is 11.6 Å². The summed E-state index contributed by atoms with van der Waals surface area (Å²) in [6.07, 6.45) is 6.58. The first-order valence-electron chi connectivity index (χ1n) is 38.6. The van der Waals surface area contributed by atoms with Gasteiger partial charge in [0, 0.05) is 89.6 Å². The lowest BCUT2D eigenvalue weighted by Crippen LogP contribution is -2.36. The first-order valence-corrected chi connectivity index (χ1v) is 40.7. The number of nitrogens with one attached hydrogen (secondary N) is 9. The number of benzene rings is 3. The molecule has 116 heavy (non-hydrogen) atoms. The molecule has 0 aliphatic carbocycles. The molecule has 36 nitrogen and oxygen atoms in total. The van der Waals surface area contributed by atoms with Crippen LogP contribution in [0.5, 0.6) is 0 Å². The van der Waals surface area contributed by atoms with E-state index in [0.717, 1.165) is 55.6 Å². The Morgan fingerprint density at radius 1 is 0.474 bits per heavy atom. The minimum absolute atomic E-state index is 0. The highest BCUT2D eigenvalue weighted by molar-refractivity contribution is 8.00. The van der Waals surface area contributed by atoms with Gasteiger partial charge in [0.2, 0.25) is 29.5 Å². The molecule has 0 radical (unpaired) electrons. The maximum Gasteiger partial charge on any atom is 0.315 e. The van der Waals surface area contributed by atoms with E-state index >= 15 is 0 Å². The van der Waals surface area contributed by atoms with Crippen LogP contribution in [0.4, 0.5) is 26.7 Å². The van der Waals surface area contributed by atoms with Gasteiger partial charge in [-0.15, -0.1) is 0 Å². The molecular weight excluding hydrogens is 1550 g/mol. The lowest BCUT2D eigenvalue weighted by Gasteiger charge is -2.23. The first-order chi connectivity index (χ1) is 55.5. The number of amides is 9. The monoisotopic (exact) mass is 1680 g/mol. The Hall–Kier alpha value is -7.38. The molecule has 8 rings (SSSR count). The Balaban J connectivity index is 0.000000449. The van der Waals surface area contributed by atoms with E-state index in [4.69, 9.17) is 77.6 Å². The maximum absolute atomic E-state index is 12.0. The Morgan fingerprint density at radius 2 is 0.819 bits per heavy atom. The van der Waals surface area contributed by atoms with E-state index in [-0.39, 0.29) is 119 Å². The largest absolute Gasteiger partial charge is 0.378 e. The van der Waals surface area contributed by atoms with E-state index in [0.29, 0.717) is 216 Å². The number of nitrogens with zero attached hydrogens (tertiary/aromatic N) is 2. The molecule has 3 aromatic carbocycles. The second-order valence-electron chi connectivity index (χ2n) is 26.2. The fourth-order valence-corrected chi connectivity index (χ4v) is 14.7. The van der Waals surface area contributed by atoms with Crippen molar-refractivity contribution < 1.29 is 109 Å². The van der Waals surface area contributed by atoms with Crippen LogP contribution in [0, 0.1) is 0 Å². The van der Waals surface area contributed by atoms with Crippen LogP contribution in [-0.2, 0) is 96.1 Å². The molecule has 5 saturated heterocycles. The van der Waals surface area contributed by atoms with Gasteiger partial charge >= 0.3 is 12.1 Å². The quantitative estimate of drug-likeness (QED) is 0.00548. The summed E-state index contributed by atoms with van der Waals surface area (Å²) < 4.78 is 75.8. The van der Waals surface area contributed by atoms with Crippen molar-refractivity contribution >= 4 is 93.7 Å². The Bertz CT molecular complexity index is 3330. The fourth-order valence-electron chi connectivity index (χ4n) is 11.7. The van der Waals surface area contributed by atoms with Crippen molar-refractivity contribution in [3.8, 4) is 0 Å². The maximum atomic E-state index is 12.0. The number of thioether (sulfide) groups is 2. The lowest BCUT2D eigenvalue weighted by atomic mass is 10.0. The van der Waals surface area contributed by atoms with Crippen LogP contribution in [0.15, 0.2) is 72.8 Å². The van der Waals surface area contributed by atoms with Crippen LogP contribution in [0.3, 0.4) is 0 Å². The number of ether oxygens (including phenoxy) is 14. The van der Waals surface area contributed by atoms with Crippen LogP contribution < -0.4 is 65.3 Å². The number of nitrogens with two attached hydrogens (primary N) is 3. The smallest absolute Gasteiger partial charge is 0.315 e. The van der Waals surface area contributed by atoms with E-state index in [1.54, 1.807) is 55.5 Å². The summed E-state index contributed by atoms with van der Waals surface area (Å²) in [7, 11) is 0. The minimum atomic E-state index is -0.768. The molecule has 0 aromatic heterocycles. The van der Waals surface area contributed by atoms with Gasteiger partial charge in [0.05, 0.1) is 182 Å². The summed E-state index contributed by atoms with van der Waals surface area (Å²) in [5.74, 6) is 8.29. The molecule has 5 aliphatic heterocycles. The predicted octanol–water partition coefficient (Wildman–Crippen LogP) is 4.27. The molecule has 654 valence electrons. The van der Waals surface area contributed by atoms with E-state index in [1.165, 1.54) is 6.92 Å². The SMILES string of the molecule is C.C.CC(=O)c1cccc(NC(=O)COCCOCCOCCOCCNC(=O)CCCCC2SC[C@@H]3NC(=O)N[C@H]23)c1.CC(=[N+]=[N-])c1cccc(NC(=O)COCCOCCOCCOCCNC(=O)CCCCC2SC[C@@H]3NC(=O)N[C@H]23)c1.CC1(c2cccc(NC(=O)COCCOCCOCCOCCN)c2)OCCO1.NN. The molecule has 38 heteroatoms. The number of fused-ring (bicyclic) bond motifs is 2. The van der Waals surface area contributed by atoms with Crippen LogP contribution >= 0.6 is 23.5 Å². The van der Waals surface area contributed by atoms with Crippen molar-refractivity contribution in [2.75, 3.05) is 219 Å². The van der Waals surface area contributed by atoms with Gasteiger partial charge in [0.1, 0.15) is 19.8 Å². The molecule has 0 spiro atoms. The third-order valence-corrected chi connectivity index (χ3v) is 20.4. The predicted molar refractivity (Wildman–Crippen MR) is 443 cm³/mol. The summed E-state index contributed by atoms with van der Waals surface area (Å²) >= 11 is 3.79. The van der Waals surface area contributed by atoms with Gasteiger partial charge in [-0.3, -0.25) is 40.5 Å². The highest BCUT2D eigenvalue weighted by Crippen LogP contribution is 2.35. The van der Waals surface area contributed by atoms with Gasteiger partial charge < -0.3 is 125 Å². The van der Waals surface area contributed by atoms with Crippen molar-refractivity contribution in [2.45, 2.75) is 127 Å². The number of carbonyl (C=O) groups is 8. The molecule has 0 bridgehead atoms. The van der Waals surface area contributed by atoms with Crippen molar-refractivity contribution in [3.63, 3.8) is 0 Å². The van der Waals surface area contributed by atoms with E-state index in [2.05, 4.69) is 64.3 Å². The van der Waals surface area contributed by atoms with Gasteiger partial charge in [-0.05, 0) is 82.0 Å². The molecule has 5 fully saturated rings. The zero-order valence-electron chi connectivity index (χ0n) is 65.9. The molecule has 0 saturated carbocycles. The first kappa shape index (κ1) is 103. The van der Waals surface area contributed by atoms with Crippen LogP contribution in [0.2, 0.25) is 0 Å². The average Bonchev–Trinajstić information content (AvgIpc) is 1.66. The van der Waals surface area contributed by atoms with E-state index in [1.807, 2.05) is 54.7 Å². The zero-order valence-corrected chi connectivity index (χ0v) is 67.5. The third kappa shape index (κ3) is 44.4. The molecule has 5 aliphatic rings. The summed E-state index contributed by atoms with van der Waals surface area (Å²) in [5, 5.41) is 26.7. The van der Waals surface area contributed by atoms with Gasteiger partial charge in [-0.1, -0.05) is 58.0 Å². The molecular formula is C78H128N14O22S2. The number of anilines is 3. The summed E-state index contributed by atoms with van der Waals surface area (Å²) in [4.78, 5) is 97.4. The highest BCUT2D eigenvalue weighted by atomic mass is 32.2. The number of unbranched alkanes of at least 4 members (excludes halogenated alkanes) is 2. The van der Waals surface area contributed by atoms with Crippen molar-refractivity contribution in [1.29, 1.82) is 0 Å². The molecule has 5 heterocycles. The average molecular weight is 1680 g/mol. The zero-order chi connectivity index (χ0) is 82.1. The number of ketones is 1. The summed E-state index contributed by atoms with van der Waals surface area (Å²) in [6, 6.07) is 21.9. The number of carbonyl (C=O) groups excluding carboxylic acids is 8. The number of rotatable bonds is 57. The number of hydrazine groups is 1. The number of urea groups is 2. The Morgan fingerprint density at radius 3 is 1.20 bits per heavy atom. The normalized spacial score (nSPS) is 17.6. The van der Waals surface area contributed by atoms with Crippen LogP contribution in [-0.4, -0.2) is 295 Å². The number of Topliss-reactive ketones (excluding diaryl/α,β-unsaturated/α-hetero) is 1. The standard InChI is InChI=1S/C28H42N6O7S.C28H42N4O8S.C20H32N2O7.2CH4.H4N2/c1-20(34-29)21-5-4-6-22(17-21)31-26(36)18-41-16-15-40-14-13-39-12-11-38-10-9-30-25(35)8-3-2-7-24-27-23(19-42-24)32-28(37)33-27;1-20(33)21-5-4-6-22(17-21)30-26(35)18-40-16-15-39-14-13-38-12-11-37-10-9-29-25(34)8-3-2-7-24-27-23(19-41-24)31-28(36)32-27;1-20(28-13-14-29-20)17-3-2-4-18(15-17)22-19(23)16-27-12-11-26-10-9-25-8-7-24-6-5-21;;;1-2/h4-6,17,23-24,27H,2-3,7-16,18-19H2,1H3,(H,30,35)(H,31,36)(H2,32,33,37);4-6,17,23-24,27H,2-3,7-16,18-19H2,1H3,(H,29,34)(H,30,35)(H2,31,32,36);2-4,15H,5-14,16,21H2,1H3,(H,22,23);2*1H4;1-2H2/t2*23-,24?,27-;;;;/m00..../s1. The second kappa shape index (κ2) is 63.7. The number of hydrogen-bond donors (Lipinski definition) is 12. The Labute approximate surface area is 690 Å². The van der Waals surface area contributed by atoms with Crippen LogP contribution in [0.25, 0.3) is 5.53 Å². The summed E-state index contributed by atoms with van der Waals surface area (Å²) in [6.45, 7) is 15.9. The van der Waals surface area contributed by atoms with Gasteiger partial charge in [-0.2, -0.15) is 28.3 Å². The minimum Gasteiger partial charge on any atom is -0.378 e. The molecule has 3 aromatic rings. The molecule has 6 atom stereocenters. The highest BCUT2D eigenvalue weighted by Gasteiger charge is 2.44. The molecule has 2 unspecified atom stereocenters. The van der Waals surface area contributed by atoms with Gasteiger partial charge in [-0.25, -0.2) is 9.59 Å². The van der Waals surface area contributed by atoms with Crippen molar-refractivity contribution in [2.24, 2.45) is 17.4 Å². The second-order valence-corrected chi connectivity index (χ2v) is 28.7. The van der Waals surface area contributed by atoms with E-state index in [9.17, 15) is 38.4 Å².